The van der Waals surface area contributed by atoms with E-state index in [9.17, 15) is 4.79 Å². The van der Waals surface area contributed by atoms with Gasteiger partial charge in [0.15, 0.2) is 0 Å². The molecule has 1 amide bonds. The first-order valence-corrected chi connectivity index (χ1v) is 9.79. The molecule has 0 bridgehead atoms. The molecule has 0 aliphatic heterocycles. The van der Waals surface area contributed by atoms with Crippen molar-refractivity contribution < 1.29 is 4.79 Å². The van der Waals surface area contributed by atoms with Crippen LogP contribution in [0.15, 0.2) is 66.7 Å². The lowest BCUT2D eigenvalue weighted by Crippen LogP contribution is -2.44. The van der Waals surface area contributed by atoms with Gasteiger partial charge in [-0.3, -0.25) is 4.79 Å². The molecule has 0 saturated carbocycles. The van der Waals surface area contributed by atoms with E-state index in [0.29, 0.717) is 0 Å². The summed E-state index contributed by atoms with van der Waals surface area (Å²) in [5, 5.41) is 2.37. The zero-order chi connectivity index (χ0) is 19.6. The Morgan fingerprint density at radius 1 is 0.704 bits per heavy atom. The number of rotatable bonds is 5. The lowest BCUT2D eigenvalue weighted by Gasteiger charge is -2.33. The van der Waals surface area contributed by atoms with Crippen molar-refractivity contribution in [1.82, 2.24) is 4.90 Å². The first-order valence-electron chi connectivity index (χ1n) is 9.79. The monoisotopic (exact) mass is 359 g/mol. The van der Waals surface area contributed by atoms with E-state index >= 15 is 0 Å². The second-order valence-corrected chi connectivity index (χ2v) is 7.84. The molecule has 0 N–H and O–H groups in total. The Labute approximate surface area is 162 Å². The molecule has 0 saturated heterocycles. The summed E-state index contributed by atoms with van der Waals surface area (Å²) in [5.74, 6) is 0.0493. The summed E-state index contributed by atoms with van der Waals surface area (Å²) >= 11 is 0. The van der Waals surface area contributed by atoms with E-state index in [0.717, 1.165) is 5.56 Å². The van der Waals surface area contributed by atoms with Crippen molar-refractivity contribution in [2.75, 3.05) is 0 Å². The van der Waals surface area contributed by atoms with Gasteiger partial charge in [0.1, 0.15) is 0 Å². The Balaban J connectivity index is 1.91. The fourth-order valence-corrected chi connectivity index (χ4v) is 3.82. The maximum atomic E-state index is 13.0. The van der Waals surface area contributed by atoms with Gasteiger partial charge in [-0.05, 0) is 68.1 Å². The van der Waals surface area contributed by atoms with Crippen LogP contribution in [0.2, 0.25) is 0 Å². The van der Waals surface area contributed by atoms with Crippen LogP contribution in [0, 0.1) is 0 Å². The molecule has 0 unspecified atom stereocenters. The van der Waals surface area contributed by atoms with Crippen molar-refractivity contribution >= 4 is 16.7 Å². The molecule has 1 atom stereocenters. The van der Waals surface area contributed by atoms with Gasteiger partial charge in [-0.25, -0.2) is 0 Å². The molecule has 0 heterocycles. The molecule has 3 rings (SSSR count). The summed E-state index contributed by atoms with van der Waals surface area (Å²) in [7, 11) is 0. The molecule has 3 aromatic rings. The van der Waals surface area contributed by atoms with Crippen molar-refractivity contribution in [3.63, 3.8) is 0 Å². The van der Waals surface area contributed by atoms with E-state index in [2.05, 4.69) is 88.4 Å². The minimum Gasteiger partial charge on any atom is -0.337 e. The molecule has 0 fully saturated rings. The van der Waals surface area contributed by atoms with E-state index in [4.69, 9.17) is 0 Å². The average molecular weight is 360 g/mol. The van der Waals surface area contributed by atoms with Gasteiger partial charge in [-0.15, -0.1) is 0 Å². The second-order valence-electron chi connectivity index (χ2n) is 7.84. The zero-order valence-electron chi connectivity index (χ0n) is 16.9. The highest BCUT2D eigenvalue weighted by molar-refractivity contribution is 5.90. The molecule has 27 heavy (non-hydrogen) atoms. The molecule has 0 aromatic heterocycles. The van der Waals surface area contributed by atoms with Gasteiger partial charge >= 0.3 is 0 Å². The van der Waals surface area contributed by atoms with Crippen LogP contribution < -0.4 is 0 Å². The fraction of sp³-hybridized carbons (Fsp3) is 0.320. The first kappa shape index (κ1) is 19.2. The van der Waals surface area contributed by atoms with E-state index in [1.807, 2.05) is 17.9 Å². The lowest BCUT2D eigenvalue weighted by molar-refractivity contribution is -0.136. The molecular weight excluding hydrogens is 330 g/mol. The Kier molecular flexibility index (Phi) is 5.65. The number of fused-ring (bicyclic) bond motifs is 1. The second kappa shape index (κ2) is 7.96. The van der Waals surface area contributed by atoms with Crippen molar-refractivity contribution in [2.24, 2.45) is 0 Å². The first-order chi connectivity index (χ1) is 12.9. The molecule has 3 aromatic carbocycles. The molecule has 0 radical (unpaired) electrons. The average Bonchev–Trinajstić information content (AvgIpc) is 2.66. The number of benzene rings is 3. The maximum Gasteiger partial charge on any atom is 0.230 e. The molecule has 2 heteroatoms. The smallest absolute Gasteiger partial charge is 0.230 e. The van der Waals surface area contributed by atoms with Crippen molar-refractivity contribution in [2.45, 2.75) is 52.6 Å². The van der Waals surface area contributed by atoms with Crippen LogP contribution in [-0.4, -0.2) is 22.9 Å². The minimum absolute atomic E-state index is 0.145. The normalized spacial score (nSPS) is 12.6. The number of hydrogen-bond donors (Lipinski definition) is 0. The quantitative estimate of drug-likeness (QED) is 0.527. The van der Waals surface area contributed by atoms with Crippen LogP contribution in [-0.2, 0) is 4.79 Å². The van der Waals surface area contributed by atoms with Gasteiger partial charge in [0, 0.05) is 12.1 Å². The van der Waals surface area contributed by atoms with Gasteiger partial charge in [-0.1, -0.05) is 60.7 Å². The fourth-order valence-electron chi connectivity index (χ4n) is 3.82. The molecule has 140 valence electrons. The van der Waals surface area contributed by atoms with Gasteiger partial charge in [-0.2, -0.15) is 0 Å². The van der Waals surface area contributed by atoms with Crippen LogP contribution in [0.4, 0.5) is 0 Å². The highest BCUT2D eigenvalue weighted by atomic mass is 16.2. The van der Waals surface area contributed by atoms with Gasteiger partial charge in [0.05, 0.1) is 5.92 Å². The summed E-state index contributed by atoms with van der Waals surface area (Å²) in [6.07, 6.45) is 0. The highest BCUT2D eigenvalue weighted by Gasteiger charge is 2.26. The number of carbonyl (C=O) groups excluding carboxylic acids is 1. The van der Waals surface area contributed by atoms with Crippen LogP contribution in [0.25, 0.3) is 21.9 Å². The van der Waals surface area contributed by atoms with Crippen LogP contribution >= 0.6 is 0 Å². The largest absolute Gasteiger partial charge is 0.337 e. The zero-order valence-corrected chi connectivity index (χ0v) is 16.9. The summed E-state index contributed by atoms with van der Waals surface area (Å²) in [5.41, 5.74) is 3.51. The predicted molar refractivity (Wildman–Crippen MR) is 115 cm³/mol. The Morgan fingerprint density at radius 2 is 1.30 bits per heavy atom. The van der Waals surface area contributed by atoms with Gasteiger partial charge in [0.2, 0.25) is 5.91 Å². The summed E-state index contributed by atoms with van der Waals surface area (Å²) in [4.78, 5) is 15.0. The van der Waals surface area contributed by atoms with Crippen LogP contribution in [0.1, 0.15) is 46.1 Å². The third kappa shape index (κ3) is 4.05. The lowest BCUT2D eigenvalue weighted by atomic mass is 9.94. The summed E-state index contributed by atoms with van der Waals surface area (Å²) in [6.45, 7) is 10.3. The molecule has 2 nitrogen and oxygen atoms in total. The molecule has 0 spiro atoms. The number of hydrogen-bond acceptors (Lipinski definition) is 1. The van der Waals surface area contributed by atoms with E-state index in [1.54, 1.807) is 0 Å². The minimum atomic E-state index is -0.145. The van der Waals surface area contributed by atoms with Gasteiger partial charge in [0.25, 0.3) is 0 Å². The van der Waals surface area contributed by atoms with E-state index in [-0.39, 0.29) is 23.9 Å². The van der Waals surface area contributed by atoms with Crippen LogP contribution in [0.5, 0.6) is 0 Å². The Bertz CT molecular complexity index is 919. The third-order valence-corrected chi connectivity index (χ3v) is 5.21. The van der Waals surface area contributed by atoms with Crippen LogP contribution in [0.3, 0.4) is 0 Å². The molecular formula is C25H29NO. The summed E-state index contributed by atoms with van der Waals surface area (Å²) in [6, 6.07) is 23.7. The number of amides is 1. The number of carbonyl (C=O) groups is 1. The van der Waals surface area contributed by atoms with Gasteiger partial charge < -0.3 is 4.90 Å². The standard InChI is InChI=1S/C25H29NO/c1-17(2)26(18(3)4)25(27)19(5)21-11-12-24-16-22(13-14-23(24)15-21)20-9-7-6-8-10-20/h6-19H,1-5H3/t19-/m0/s1. The van der Waals surface area contributed by atoms with E-state index < -0.39 is 0 Å². The van der Waals surface area contributed by atoms with Crippen molar-refractivity contribution in [3.05, 3.63) is 72.3 Å². The Morgan fingerprint density at radius 3 is 1.93 bits per heavy atom. The van der Waals surface area contributed by atoms with Crippen molar-refractivity contribution in [3.8, 4) is 11.1 Å². The number of nitrogens with zero attached hydrogens (tertiary/aromatic N) is 1. The molecule has 0 aliphatic rings. The molecule has 0 aliphatic carbocycles. The van der Waals surface area contributed by atoms with Crippen molar-refractivity contribution in [1.29, 1.82) is 0 Å². The SMILES string of the molecule is CC(C)N(C(=O)[C@@H](C)c1ccc2cc(-c3ccccc3)ccc2c1)C(C)C. The third-order valence-electron chi connectivity index (χ3n) is 5.21. The highest BCUT2D eigenvalue weighted by Crippen LogP contribution is 2.28. The topological polar surface area (TPSA) is 20.3 Å². The Hall–Kier alpha value is -2.61. The van der Waals surface area contributed by atoms with E-state index in [1.165, 1.54) is 21.9 Å². The summed E-state index contributed by atoms with van der Waals surface area (Å²) < 4.78 is 0. The maximum absolute atomic E-state index is 13.0. The predicted octanol–water partition coefficient (Wildman–Crippen LogP) is 6.26.